The van der Waals surface area contributed by atoms with E-state index in [1.54, 1.807) is 90.8 Å². The molecule has 21 nitrogen and oxygen atoms in total. The maximum Gasteiger partial charge on any atom is 0.339 e. The largest absolute Gasteiger partial charge is 0.478 e. The SMILES string of the molecule is CN(C(=O)/C=C/CN1CCCC1)c1cccc(-n2c(=O)n(-c3ccc(Oc4ccccc4)cc3)c3c(N)ncnc32)c1.CNc1cccc(-n2c(=O)n(-c3ccc(Oc4ccccc4)cc3)c3c(N)ncnc32)c1.O=C(O)/C=C/CN1CCCC1. The van der Waals surface area contributed by atoms with Gasteiger partial charge in [0.25, 0.3) is 0 Å². The van der Waals surface area contributed by atoms with Gasteiger partial charge in [0, 0.05) is 50.7 Å². The topological polar surface area (TPSA) is 252 Å². The molecule has 85 heavy (non-hydrogen) atoms. The summed E-state index contributed by atoms with van der Waals surface area (Å²) in [6.07, 6.45) is 14.0. The summed E-state index contributed by atoms with van der Waals surface area (Å²) in [6.45, 7) is 5.91. The van der Waals surface area contributed by atoms with Gasteiger partial charge in [0.2, 0.25) is 5.91 Å². The predicted octanol–water partition coefficient (Wildman–Crippen LogP) is 9.27. The van der Waals surface area contributed by atoms with E-state index in [2.05, 4.69) is 35.1 Å². The van der Waals surface area contributed by atoms with Gasteiger partial charge in [-0.1, -0.05) is 60.7 Å². The lowest BCUT2D eigenvalue weighted by atomic mass is 10.2. The molecule has 6 aromatic carbocycles. The number of hydrogen-bond acceptors (Lipinski definition) is 15. The van der Waals surface area contributed by atoms with Crippen LogP contribution < -0.4 is 42.5 Å². The average molecular weight is 1140 g/mol. The second kappa shape index (κ2) is 27.0. The van der Waals surface area contributed by atoms with Gasteiger partial charge in [-0.15, -0.1) is 0 Å². The Balaban J connectivity index is 0.000000164. The Morgan fingerprint density at radius 3 is 1.44 bits per heavy atom. The van der Waals surface area contributed by atoms with Gasteiger partial charge >= 0.3 is 17.3 Å². The summed E-state index contributed by atoms with van der Waals surface area (Å²) in [5.41, 5.74) is 17.4. The molecule has 0 bridgehead atoms. The minimum atomic E-state index is -0.857. The number of carbonyl (C=O) groups is 2. The molecule has 10 aromatic rings. The Morgan fingerprint density at radius 2 is 0.976 bits per heavy atom. The Morgan fingerprint density at radius 1 is 0.541 bits per heavy atom. The first-order valence-electron chi connectivity index (χ1n) is 27.8. The zero-order chi connectivity index (χ0) is 59.2. The van der Waals surface area contributed by atoms with Crippen molar-refractivity contribution in [3.05, 3.63) is 216 Å². The smallest absolute Gasteiger partial charge is 0.339 e. The number of aromatic nitrogens is 8. The summed E-state index contributed by atoms with van der Waals surface area (Å²) in [4.78, 5) is 73.7. The van der Waals surface area contributed by atoms with Crippen LogP contribution in [0.3, 0.4) is 0 Å². The van der Waals surface area contributed by atoms with Gasteiger partial charge in [0.15, 0.2) is 22.9 Å². The second-order valence-electron chi connectivity index (χ2n) is 20.0. The third kappa shape index (κ3) is 13.7. The van der Waals surface area contributed by atoms with E-state index in [4.69, 9.17) is 26.0 Å². The third-order valence-electron chi connectivity index (χ3n) is 14.3. The number of likely N-dealkylation sites (tertiary alicyclic amines) is 2. The highest BCUT2D eigenvalue weighted by Gasteiger charge is 2.23. The molecule has 12 rings (SSSR count). The maximum atomic E-state index is 14.0. The van der Waals surface area contributed by atoms with E-state index in [1.165, 1.54) is 62.7 Å². The van der Waals surface area contributed by atoms with Crippen molar-refractivity contribution in [1.82, 2.24) is 48.0 Å². The van der Waals surface area contributed by atoms with E-state index >= 15 is 0 Å². The molecule has 21 heteroatoms. The number of benzene rings is 6. The molecular weight excluding hydrogens is 1080 g/mol. The number of nitrogens with one attached hydrogen (secondary N) is 1. The fourth-order valence-corrected chi connectivity index (χ4v) is 10.0. The van der Waals surface area contributed by atoms with E-state index in [1.807, 2.05) is 104 Å². The quantitative estimate of drug-likeness (QED) is 0.0658. The fourth-order valence-electron chi connectivity index (χ4n) is 10.0. The molecule has 0 unspecified atom stereocenters. The Hall–Kier alpha value is -10.6. The molecule has 2 fully saturated rings. The highest BCUT2D eigenvalue weighted by Crippen LogP contribution is 2.30. The van der Waals surface area contributed by atoms with E-state index in [0.717, 1.165) is 50.7 Å². The molecule has 4 aromatic heterocycles. The number of carbonyl (C=O) groups excluding carboxylic acids is 1. The number of anilines is 4. The number of aliphatic carboxylic acids is 1. The molecule has 2 aliphatic heterocycles. The molecule has 2 aliphatic rings. The van der Waals surface area contributed by atoms with Crippen molar-refractivity contribution < 1.29 is 24.2 Å². The summed E-state index contributed by atoms with van der Waals surface area (Å²) < 4.78 is 17.8. The standard InChI is InChI=1S/C32H31N7O3.C24H20N6O2.C8H13NO2/c1-36(28(40)13-8-20-37-18-5-6-19-37)24-9-7-10-25(21-24)39-31-29(30(33)34-22-35-31)38(32(39)41)23-14-16-27(17-15-23)42-26-11-3-2-4-12-26;1-26-16-6-5-7-18(14-16)30-23-21(22(25)27-15-28-23)29(24(30)31)17-10-12-20(13-11-17)32-19-8-3-2-4-9-19;10-8(11)4-3-7-9-5-1-2-6-9/h2-4,7-17,21-22H,5-6,18-20H2,1H3,(H2,33,34,35);2-15,26H,1H3,(H2,25,27,28);3-4H,1-2,5-7H2,(H,10,11)/b13-8+;;4-3+. The molecule has 0 spiro atoms. The van der Waals surface area contributed by atoms with Crippen LogP contribution in [0, 0.1) is 0 Å². The van der Waals surface area contributed by atoms with Crippen LogP contribution in [-0.4, -0.2) is 118 Å². The lowest BCUT2D eigenvalue weighted by Crippen LogP contribution is -2.26. The zero-order valence-electron chi connectivity index (χ0n) is 47.0. The number of carboxylic acid groups (broad SMARTS) is 1. The summed E-state index contributed by atoms with van der Waals surface area (Å²) in [6, 6.07) is 48.0. The number of imidazole rings is 2. The van der Waals surface area contributed by atoms with Crippen LogP contribution in [0.5, 0.6) is 23.0 Å². The number of carboxylic acids is 1. The van der Waals surface area contributed by atoms with Gasteiger partial charge < -0.3 is 36.3 Å². The van der Waals surface area contributed by atoms with E-state index in [0.29, 0.717) is 68.0 Å². The highest BCUT2D eigenvalue weighted by atomic mass is 16.5. The van der Waals surface area contributed by atoms with Crippen LogP contribution in [0.25, 0.3) is 45.1 Å². The number of nitrogens with zero attached hydrogens (tertiary/aromatic N) is 11. The minimum absolute atomic E-state index is 0.148. The lowest BCUT2D eigenvalue weighted by molar-refractivity contribution is -0.131. The number of nitrogen functional groups attached to an aromatic ring is 2. The maximum absolute atomic E-state index is 14.0. The molecule has 6 N–H and O–H groups in total. The number of fused-ring (bicyclic) bond motifs is 2. The molecule has 1 amide bonds. The number of ether oxygens (including phenoxy) is 2. The molecule has 6 heterocycles. The zero-order valence-corrected chi connectivity index (χ0v) is 47.0. The van der Waals surface area contributed by atoms with Gasteiger partial charge in [-0.25, -0.2) is 43.5 Å². The van der Waals surface area contributed by atoms with E-state index < -0.39 is 5.97 Å². The first-order chi connectivity index (χ1) is 41.4. The van der Waals surface area contributed by atoms with E-state index in [9.17, 15) is 19.2 Å². The molecule has 432 valence electrons. The van der Waals surface area contributed by atoms with Crippen molar-refractivity contribution >= 4 is 57.2 Å². The summed E-state index contributed by atoms with van der Waals surface area (Å²) in [5, 5.41) is 11.4. The molecule has 2 saturated heterocycles. The van der Waals surface area contributed by atoms with Gasteiger partial charge in [-0.05, 0) is 161 Å². The van der Waals surface area contributed by atoms with Crippen molar-refractivity contribution in [3.63, 3.8) is 0 Å². The van der Waals surface area contributed by atoms with Crippen LogP contribution >= 0.6 is 0 Å². The summed E-state index contributed by atoms with van der Waals surface area (Å²) in [7, 11) is 3.54. The van der Waals surface area contributed by atoms with Crippen molar-refractivity contribution in [1.29, 1.82) is 0 Å². The summed E-state index contributed by atoms with van der Waals surface area (Å²) in [5.74, 6) is 2.11. The number of amides is 1. The third-order valence-corrected chi connectivity index (χ3v) is 14.3. The summed E-state index contributed by atoms with van der Waals surface area (Å²) >= 11 is 0. The Kier molecular flexibility index (Phi) is 18.3. The monoisotopic (exact) mass is 1140 g/mol. The highest BCUT2D eigenvalue weighted by molar-refractivity contribution is 6.01. The van der Waals surface area contributed by atoms with Crippen molar-refractivity contribution in [2.45, 2.75) is 25.7 Å². The van der Waals surface area contributed by atoms with Crippen molar-refractivity contribution in [3.8, 4) is 45.7 Å². The molecule has 0 saturated carbocycles. The molecule has 0 aliphatic carbocycles. The number of hydrogen-bond donors (Lipinski definition) is 4. The van der Waals surface area contributed by atoms with Gasteiger partial charge in [0.1, 0.15) is 46.7 Å². The first-order valence-corrected chi connectivity index (χ1v) is 27.8. The van der Waals surface area contributed by atoms with Crippen LogP contribution in [0.1, 0.15) is 25.7 Å². The average Bonchev–Trinajstić information content (AvgIpc) is 2.21. The molecule has 0 atom stereocenters. The normalized spacial score (nSPS) is 13.4. The number of rotatable bonds is 16. The number of nitrogens with two attached hydrogens (primary N) is 2. The number of likely N-dealkylation sites (N-methyl/N-ethyl adjacent to an activating group) is 1. The van der Waals surface area contributed by atoms with Gasteiger partial charge in [-0.2, -0.15) is 0 Å². The Labute approximate surface area is 489 Å². The fraction of sp³-hybridized carbons (Fsp3) is 0.188. The van der Waals surface area contributed by atoms with Crippen LogP contribution in [0.2, 0.25) is 0 Å². The van der Waals surface area contributed by atoms with Crippen molar-refractivity contribution in [2.24, 2.45) is 0 Å². The lowest BCUT2D eigenvalue weighted by Gasteiger charge is -2.17. The number of para-hydroxylation sites is 2. The predicted molar refractivity (Wildman–Crippen MR) is 331 cm³/mol. The van der Waals surface area contributed by atoms with Crippen LogP contribution in [0.4, 0.5) is 23.0 Å². The second-order valence-corrected chi connectivity index (χ2v) is 20.0. The van der Waals surface area contributed by atoms with Crippen LogP contribution in [-0.2, 0) is 9.59 Å². The molecular formula is C64H64N14O7. The van der Waals surface area contributed by atoms with Gasteiger partial charge in [-0.3, -0.25) is 23.7 Å². The van der Waals surface area contributed by atoms with Crippen LogP contribution in [0.15, 0.2) is 204 Å². The van der Waals surface area contributed by atoms with Crippen molar-refractivity contribution in [2.75, 3.05) is 75.0 Å². The van der Waals surface area contributed by atoms with Gasteiger partial charge in [0.05, 0.1) is 22.7 Å². The molecule has 0 radical (unpaired) electrons. The Bertz CT molecular complexity index is 4110. The van der Waals surface area contributed by atoms with E-state index in [-0.39, 0.29) is 28.9 Å². The first kappa shape index (κ1) is 57.6. The minimum Gasteiger partial charge on any atom is -0.478 e.